The van der Waals surface area contributed by atoms with Crippen LogP contribution in [0.15, 0.2) is 17.1 Å². The topological polar surface area (TPSA) is 18.4 Å². The highest BCUT2D eigenvalue weighted by molar-refractivity contribution is 6.02. The summed E-state index contributed by atoms with van der Waals surface area (Å²) in [6.07, 6.45) is 8.45. The Labute approximate surface area is 97.5 Å². The van der Waals surface area contributed by atoms with E-state index < -0.39 is 0 Å². The predicted octanol–water partition coefficient (Wildman–Crippen LogP) is 1.67. The molecule has 0 aliphatic carbocycles. The number of hydrogen-bond acceptors (Lipinski definition) is 1. The van der Waals surface area contributed by atoms with Gasteiger partial charge in [0.25, 0.3) is 5.71 Å². The van der Waals surface area contributed by atoms with Crippen LogP contribution in [0.1, 0.15) is 34.6 Å². The number of rotatable bonds is 1. The fraction of sp³-hybridized carbons (Fsp3) is 0.615. The summed E-state index contributed by atoms with van der Waals surface area (Å²) in [6, 6.07) is 0.469. The van der Waals surface area contributed by atoms with Crippen molar-refractivity contribution in [2.24, 2.45) is 4.99 Å². The van der Waals surface area contributed by atoms with Crippen LogP contribution >= 0.6 is 0 Å². The van der Waals surface area contributed by atoms with E-state index in [0.29, 0.717) is 6.04 Å². The molecule has 0 radical (unpaired) electrons. The molecule has 0 fully saturated rings. The van der Waals surface area contributed by atoms with Crippen LogP contribution in [0.5, 0.6) is 0 Å². The molecule has 0 aromatic rings. The highest BCUT2D eigenvalue weighted by Gasteiger charge is 2.46. The molecule has 0 aromatic heterocycles. The van der Waals surface area contributed by atoms with Gasteiger partial charge in [-0.2, -0.15) is 0 Å². The number of hydrogen-bond donors (Lipinski definition) is 0. The number of dihydropyridines is 1. The Kier molecular flexibility index (Phi) is 2.56. The fourth-order valence-electron chi connectivity index (χ4n) is 2.11. The molecule has 0 aromatic carbocycles. The maximum atomic E-state index is 4.56. The maximum absolute atomic E-state index is 4.56. The second kappa shape index (κ2) is 3.65. The van der Waals surface area contributed by atoms with Crippen molar-refractivity contribution in [3.63, 3.8) is 0 Å². The summed E-state index contributed by atoms with van der Waals surface area (Å²) in [6.45, 7) is 11.1. The van der Waals surface area contributed by atoms with Gasteiger partial charge < -0.3 is 0 Å². The highest BCUT2D eigenvalue weighted by Crippen LogP contribution is 2.17. The molecule has 0 amide bonds. The second-order valence-corrected chi connectivity index (χ2v) is 5.65. The molecule has 2 heterocycles. The summed E-state index contributed by atoms with van der Waals surface area (Å²) in [5.74, 6) is 0. The molecule has 86 valence electrons. The Bertz CT molecular complexity index is 417. The third-order valence-corrected chi connectivity index (χ3v) is 2.97. The van der Waals surface area contributed by atoms with E-state index in [4.69, 9.17) is 0 Å². The molecule has 1 atom stereocenters. The first kappa shape index (κ1) is 11.2. The molecular weight excluding hydrogens is 198 g/mol. The van der Waals surface area contributed by atoms with Crippen molar-refractivity contribution in [2.75, 3.05) is 0 Å². The lowest BCUT2D eigenvalue weighted by molar-refractivity contribution is -0.597. The molecule has 0 bridgehead atoms. The molecule has 2 aliphatic rings. The zero-order valence-electron chi connectivity index (χ0n) is 10.8. The Morgan fingerprint density at radius 3 is 2.56 bits per heavy atom. The first-order chi connectivity index (χ1) is 7.41. The lowest BCUT2D eigenvalue weighted by atomic mass is 10.1. The number of nitrogens with zero attached hydrogens (tertiary/aromatic N) is 3. The molecule has 3 heteroatoms. The molecular formula is C13H21N3+2. The predicted molar refractivity (Wildman–Crippen MR) is 67.9 cm³/mol. The fourth-order valence-corrected chi connectivity index (χ4v) is 2.11. The van der Waals surface area contributed by atoms with Crippen LogP contribution in [0.3, 0.4) is 0 Å². The maximum Gasteiger partial charge on any atom is 0.404 e. The van der Waals surface area contributed by atoms with E-state index in [0.717, 1.165) is 0 Å². The van der Waals surface area contributed by atoms with Crippen molar-refractivity contribution in [1.29, 1.82) is 0 Å². The number of aliphatic imine (C=N–C) groups is 1. The van der Waals surface area contributed by atoms with Gasteiger partial charge in [0, 0.05) is 33.1 Å². The van der Waals surface area contributed by atoms with Gasteiger partial charge in [-0.15, -0.1) is 9.15 Å². The molecule has 0 N–H and O–H groups in total. The van der Waals surface area contributed by atoms with Crippen molar-refractivity contribution < 1.29 is 9.15 Å². The first-order valence-corrected chi connectivity index (χ1v) is 5.90. The van der Waals surface area contributed by atoms with Crippen LogP contribution in [0, 0.1) is 0 Å². The molecule has 0 spiro atoms. The summed E-state index contributed by atoms with van der Waals surface area (Å²) in [5.41, 5.74) is 1.39. The molecule has 16 heavy (non-hydrogen) atoms. The van der Waals surface area contributed by atoms with E-state index >= 15 is 0 Å². The van der Waals surface area contributed by atoms with Crippen LogP contribution < -0.4 is 0 Å². The van der Waals surface area contributed by atoms with E-state index in [-0.39, 0.29) is 11.7 Å². The van der Waals surface area contributed by atoms with Crippen molar-refractivity contribution >= 4 is 18.3 Å². The molecule has 0 saturated carbocycles. The monoisotopic (exact) mass is 219 g/mol. The Morgan fingerprint density at radius 1 is 1.31 bits per heavy atom. The van der Waals surface area contributed by atoms with E-state index in [1.165, 1.54) is 5.71 Å². The summed E-state index contributed by atoms with van der Waals surface area (Å²) in [7, 11) is 0. The zero-order valence-corrected chi connectivity index (χ0v) is 10.8. The molecule has 2 aliphatic heterocycles. The van der Waals surface area contributed by atoms with Gasteiger partial charge in [0.2, 0.25) is 0 Å². The van der Waals surface area contributed by atoms with Gasteiger partial charge in [0.15, 0.2) is 11.6 Å². The van der Waals surface area contributed by atoms with Crippen LogP contribution in [-0.4, -0.2) is 45.2 Å². The summed E-state index contributed by atoms with van der Waals surface area (Å²) >= 11 is 0. The van der Waals surface area contributed by atoms with Crippen LogP contribution in [0.2, 0.25) is 0 Å². The van der Waals surface area contributed by atoms with Gasteiger partial charge in [-0.05, 0) is 19.9 Å². The zero-order chi connectivity index (χ0) is 11.9. The minimum Gasteiger partial charge on any atom is -0.216 e. The lowest BCUT2D eigenvalue weighted by Gasteiger charge is -2.11. The standard InChI is InChI=1S/C13H21N3/c1-10(2)15-9-16(13(3,4)5)11-7-6-8-14-12(11)15/h6-10,12H,1-5H3/q+2. The van der Waals surface area contributed by atoms with Gasteiger partial charge in [0.1, 0.15) is 0 Å². The minimum atomic E-state index is 0.106. The SMILES string of the molecule is CC(C)[N+]1=C[N+](C(C)(C)C)=C2C=CC=NC21. The van der Waals surface area contributed by atoms with Gasteiger partial charge >= 0.3 is 12.5 Å². The van der Waals surface area contributed by atoms with Crippen molar-refractivity contribution in [2.45, 2.75) is 52.4 Å². The van der Waals surface area contributed by atoms with E-state index in [1.54, 1.807) is 0 Å². The third kappa shape index (κ3) is 1.75. The van der Waals surface area contributed by atoms with Crippen molar-refractivity contribution in [3.05, 3.63) is 12.2 Å². The van der Waals surface area contributed by atoms with E-state index in [1.807, 2.05) is 12.3 Å². The average molecular weight is 219 g/mol. The first-order valence-electron chi connectivity index (χ1n) is 5.90. The van der Waals surface area contributed by atoms with Crippen LogP contribution in [0.4, 0.5) is 0 Å². The molecule has 1 unspecified atom stereocenters. The Hall–Kier alpha value is -1.25. The van der Waals surface area contributed by atoms with Gasteiger partial charge in [-0.1, -0.05) is 0 Å². The second-order valence-electron chi connectivity index (χ2n) is 5.65. The number of allylic oxidation sites excluding steroid dienone is 1. The van der Waals surface area contributed by atoms with E-state index in [2.05, 4.69) is 61.2 Å². The molecule has 3 nitrogen and oxygen atoms in total. The quantitative estimate of drug-likeness (QED) is 0.597. The van der Waals surface area contributed by atoms with Gasteiger partial charge in [-0.3, -0.25) is 0 Å². The summed E-state index contributed by atoms with van der Waals surface area (Å²) in [4.78, 5) is 4.56. The number of fused-ring (bicyclic) bond motifs is 1. The van der Waals surface area contributed by atoms with Gasteiger partial charge in [-0.25, -0.2) is 4.99 Å². The van der Waals surface area contributed by atoms with Crippen molar-refractivity contribution in [3.8, 4) is 0 Å². The van der Waals surface area contributed by atoms with Crippen molar-refractivity contribution in [1.82, 2.24) is 0 Å². The smallest absolute Gasteiger partial charge is 0.216 e. The van der Waals surface area contributed by atoms with E-state index in [9.17, 15) is 0 Å². The molecule has 0 saturated heterocycles. The summed E-state index contributed by atoms with van der Waals surface area (Å²) in [5, 5.41) is 0. The van der Waals surface area contributed by atoms with Crippen LogP contribution in [0.25, 0.3) is 0 Å². The average Bonchev–Trinajstić information content (AvgIpc) is 2.56. The van der Waals surface area contributed by atoms with Gasteiger partial charge in [0.05, 0.1) is 0 Å². The molecule has 2 rings (SSSR count). The highest BCUT2D eigenvalue weighted by atomic mass is 15.3. The largest absolute Gasteiger partial charge is 0.404 e. The normalized spacial score (nSPS) is 24.1. The Balaban J connectivity index is 2.49. The summed E-state index contributed by atoms with van der Waals surface area (Å²) < 4.78 is 4.63. The Morgan fingerprint density at radius 2 is 2.00 bits per heavy atom. The third-order valence-electron chi connectivity index (χ3n) is 2.97. The van der Waals surface area contributed by atoms with Crippen LogP contribution in [-0.2, 0) is 0 Å². The lowest BCUT2D eigenvalue weighted by Crippen LogP contribution is -2.37. The minimum absolute atomic E-state index is 0.106.